The molecule has 5 nitrogen and oxygen atoms in total. The molecule has 4 aromatic rings. The minimum Gasteiger partial charge on any atom is -0.422 e. The van der Waals surface area contributed by atoms with E-state index in [0.717, 1.165) is 10.4 Å². The molecule has 0 saturated heterocycles. The smallest absolute Gasteiger partial charge is 0.301 e. The van der Waals surface area contributed by atoms with Gasteiger partial charge in [-0.25, -0.2) is 9.36 Å². The van der Waals surface area contributed by atoms with Crippen LogP contribution in [0.3, 0.4) is 0 Å². The van der Waals surface area contributed by atoms with E-state index < -0.39 is 30.3 Å². The lowest BCUT2D eigenvalue weighted by Gasteiger charge is -2.38. The van der Waals surface area contributed by atoms with Crippen LogP contribution in [0.1, 0.15) is 5.79 Å². The van der Waals surface area contributed by atoms with Crippen LogP contribution >= 0.6 is 0 Å². The van der Waals surface area contributed by atoms with Crippen LogP contribution in [0.2, 0.25) is 39.3 Å². The van der Waals surface area contributed by atoms with Gasteiger partial charge in [0.2, 0.25) is 0 Å². The number of benzene rings is 2. The van der Waals surface area contributed by atoms with Crippen molar-refractivity contribution in [2.75, 3.05) is 0 Å². The highest BCUT2D eigenvalue weighted by molar-refractivity contribution is 6.97. The van der Waals surface area contributed by atoms with Crippen molar-refractivity contribution in [1.29, 1.82) is 0 Å². The van der Waals surface area contributed by atoms with E-state index in [4.69, 9.17) is 10.2 Å². The summed E-state index contributed by atoms with van der Waals surface area (Å²) in [6, 6.07) is 24.5. The highest BCUT2D eigenvalue weighted by Crippen LogP contribution is 2.22. The monoisotopic (exact) mass is 490 g/mol. The van der Waals surface area contributed by atoms with E-state index in [-0.39, 0.29) is 0 Å². The van der Waals surface area contributed by atoms with E-state index in [1.807, 2.05) is 48.8 Å². The topological polar surface area (TPSA) is 55.9 Å². The van der Waals surface area contributed by atoms with Crippen molar-refractivity contribution in [1.82, 2.24) is 19.6 Å². The average Bonchev–Trinajstić information content (AvgIpc) is 3.45. The number of nitrogens with zero attached hydrogens (tertiary/aromatic N) is 4. The van der Waals surface area contributed by atoms with Crippen LogP contribution in [0.4, 0.5) is 0 Å². The van der Waals surface area contributed by atoms with Gasteiger partial charge in [0.15, 0.2) is 5.79 Å². The molecule has 0 aliphatic rings. The van der Waals surface area contributed by atoms with E-state index in [9.17, 15) is 4.80 Å². The van der Waals surface area contributed by atoms with Crippen molar-refractivity contribution in [2.45, 2.75) is 45.1 Å². The van der Waals surface area contributed by atoms with Gasteiger partial charge in [-0.05, 0) is 22.5 Å². The Labute approximate surface area is 199 Å². The Balaban J connectivity index is 2.10. The molecule has 0 fully saturated rings. The maximum Gasteiger partial charge on any atom is 0.301 e. The van der Waals surface area contributed by atoms with Gasteiger partial charge in [-0.1, -0.05) is 99.9 Å². The zero-order valence-electron chi connectivity index (χ0n) is 20.4. The summed E-state index contributed by atoms with van der Waals surface area (Å²) in [6.07, 6.45) is 3.76. The van der Waals surface area contributed by atoms with Gasteiger partial charge in [-0.15, -0.1) is 0 Å². The Morgan fingerprint density at radius 2 is 0.970 bits per heavy atom. The largest absolute Gasteiger partial charge is 0.422 e. The van der Waals surface area contributed by atoms with Gasteiger partial charge in [0.05, 0.1) is 0 Å². The van der Waals surface area contributed by atoms with Crippen LogP contribution in [0, 0.1) is 0 Å². The molecular formula is C25H34N4OSi3. The van der Waals surface area contributed by atoms with Gasteiger partial charge in [-0.3, -0.25) is 0 Å². The zero-order valence-corrected chi connectivity index (χ0v) is 23.4. The first kappa shape index (κ1) is 23.6. The molecule has 0 saturated carbocycles. The fourth-order valence-corrected chi connectivity index (χ4v) is 11.1. The van der Waals surface area contributed by atoms with E-state index >= 15 is 0 Å². The van der Waals surface area contributed by atoms with Crippen molar-refractivity contribution in [3.05, 3.63) is 85.2 Å². The maximum atomic E-state index is 13.0. The molecule has 0 radical (unpaired) electrons. The molecule has 8 heteroatoms. The Morgan fingerprint density at radius 1 is 0.606 bits per heavy atom. The summed E-state index contributed by atoms with van der Waals surface area (Å²) in [7, 11) is -6.94. The molecule has 33 heavy (non-hydrogen) atoms. The fourth-order valence-electron chi connectivity index (χ4n) is 4.51. The van der Waals surface area contributed by atoms with Gasteiger partial charge in [0.25, 0.3) is 0 Å². The van der Waals surface area contributed by atoms with Gasteiger partial charge in [0.1, 0.15) is 16.1 Å². The van der Waals surface area contributed by atoms with Crippen LogP contribution in [-0.2, 0) is 0 Å². The number of hydrogen-bond donors (Lipinski definition) is 1. The predicted molar refractivity (Wildman–Crippen MR) is 145 cm³/mol. The second-order valence-corrected chi connectivity index (χ2v) is 23.9. The lowest BCUT2D eigenvalue weighted by Crippen LogP contribution is -2.69. The predicted octanol–water partition coefficient (Wildman–Crippen LogP) is 2.51. The third-order valence-electron chi connectivity index (χ3n) is 6.14. The fraction of sp³-hybridized carbons (Fsp3) is 0.280. The summed E-state index contributed by atoms with van der Waals surface area (Å²) in [5.74, 6) is -0.434. The molecule has 0 spiro atoms. The number of rotatable bonds is 7. The average molecular weight is 491 g/mol. The van der Waals surface area contributed by atoms with Crippen molar-refractivity contribution in [3.8, 4) is 0 Å². The number of hydrogen-bond acceptors (Lipinski definition) is 3. The molecular weight excluding hydrogens is 457 g/mol. The molecule has 0 unspecified atom stereocenters. The molecule has 2 aromatic carbocycles. The van der Waals surface area contributed by atoms with Crippen molar-refractivity contribution in [2.24, 2.45) is 0 Å². The molecule has 0 aliphatic heterocycles. The first-order valence-corrected chi connectivity index (χ1v) is 20.5. The lowest BCUT2D eigenvalue weighted by atomic mass is 10.4. The van der Waals surface area contributed by atoms with E-state index in [2.05, 4.69) is 85.0 Å². The second-order valence-electron chi connectivity index (χ2n) is 10.7. The minimum atomic E-state index is -3.42. The lowest BCUT2D eigenvalue weighted by molar-refractivity contribution is 0.416. The quantitative estimate of drug-likeness (QED) is 0.405. The third-order valence-corrected chi connectivity index (χ3v) is 13.7. The highest BCUT2D eigenvalue weighted by Gasteiger charge is 2.50. The SMILES string of the molecule is C[Si](C)(C)c1ccnn1C(n1nccc1[Si](C)(C)C)[Si](O)(c1ccccc1)c1ccccc1. The van der Waals surface area contributed by atoms with Crippen molar-refractivity contribution in [3.63, 3.8) is 0 Å². The first-order valence-electron chi connectivity index (χ1n) is 11.5. The van der Waals surface area contributed by atoms with Crippen molar-refractivity contribution >= 4 is 45.5 Å². The molecule has 1 N–H and O–H groups in total. The van der Waals surface area contributed by atoms with Gasteiger partial charge >= 0.3 is 8.32 Å². The third kappa shape index (κ3) is 4.35. The van der Waals surface area contributed by atoms with E-state index in [0.29, 0.717) is 0 Å². The van der Waals surface area contributed by atoms with Crippen LogP contribution in [0.5, 0.6) is 0 Å². The molecule has 0 amide bonds. The van der Waals surface area contributed by atoms with Gasteiger partial charge in [-0.2, -0.15) is 10.2 Å². The summed E-state index contributed by atoms with van der Waals surface area (Å²) in [5.41, 5.74) is 0. The van der Waals surface area contributed by atoms with Gasteiger partial charge in [0, 0.05) is 23.0 Å². The Kier molecular flexibility index (Phi) is 6.21. The van der Waals surface area contributed by atoms with Crippen LogP contribution in [0.15, 0.2) is 85.2 Å². The molecule has 2 aromatic heterocycles. The standard InChI is InChI=1S/C25H34N4OSi3/c1-31(2,3)23-17-19-26-28(23)25(29-24(18-20-27-29)32(4,5)6)33(30,21-13-9-7-10-14-21)22-15-11-8-12-16-22/h7-20,25,30H,1-6H3. The minimum absolute atomic E-state index is 0.434. The van der Waals surface area contributed by atoms with Crippen LogP contribution in [0.25, 0.3) is 0 Å². The number of aromatic nitrogens is 4. The molecule has 0 bridgehead atoms. The van der Waals surface area contributed by atoms with E-state index in [1.54, 1.807) is 0 Å². The van der Waals surface area contributed by atoms with Crippen molar-refractivity contribution < 1.29 is 4.80 Å². The Hall–Kier alpha value is -2.53. The molecule has 0 aliphatic carbocycles. The zero-order chi connectivity index (χ0) is 23.9. The first-order chi connectivity index (χ1) is 15.5. The summed E-state index contributed by atoms with van der Waals surface area (Å²) >= 11 is 0. The summed E-state index contributed by atoms with van der Waals surface area (Å²) in [5, 5.41) is 14.0. The molecule has 0 atom stereocenters. The van der Waals surface area contributed by atoms with Crippen LogP contribution in [-0.4, -0.2) is 48.8 Å². The maximum absolute atomic E-state index is 13.0. The highest BCUT2D eigenvalue weighted by atomic mass is 28.4. The Bertz CT molecular complexity index is 1120. The van der Waals surface area contributed by atoms with Crippen LogP contribution < -0.4 is 21.0 Å². The molecule has 2 heterocycles. The summed E-state index contributed by atoms with van der Waals surface area (Å²) < 4.78 is 4.18. The summed E-state index contributed by atoms with van der Waals surface area (Å²) in [6.45, 7) is 14.0. The van der Waals surface area contributed by atoms with E-state index in [1.165, 1.54) is 10.6 Å². The second kappa shape index (κ2) is 8.68. The summed E-state index contributed by atoms with van der Waals surface area (Å²) in [4.78, 5) is 13.0. The Morgan fingerprint density at radius 3 is 1.30 bits per heavy atom. The molecule has 172 valence electrons. The van der Waals surface area contributed by atoms with Gasteiger partial charge < -0.3 is 4.80 Å². The molecule has 4 rings (SSSR count). The normalized spacial score (nSPS) is 13.0.